The summed E-state index contributed by atoms with van der Waals surface area (Å²) in [5.74, 6) is 0.314. The topological polar surface area (TPSA) is 40.6 Å². The summed E-state index contributed by atoms with van der Waals surface area (Å²) in [5, 5.41) is 1.84. The molecule has 0 unspecified atom stereocenters. The van der Waals surface area contributed by atoms with Crippen molar-refractivity contribution in [1.29, 1.82) is 0 Å². The van der Waals surface area contributed by atoms with E-state index in [0.29, 0.717) is 12.3 Å². The van der Waals surface area contributed by atoms with Crippen molar-refractivity contribution in [2.75, 3.05) is 23.7 Å². The molecule has 4 nitrogen and oxygen atoms in total. The first-order valence-corrected chi connectivity index (χ1v) is 7.61. The molecule has 2 amide bonds. The van der Waals surface area contributed by atoms with E-state index in [1.165, 1.54) is 16.7 Å². The highest BCUT2D eigenvalue weighted by Crippen LogP contribution is 2.17. The molecule has 1 heterocycles. The fourth-order valence-corrected chi connectivity index (χ4v) is 2.71. The predicted octanol–water partition coefficient (Wildman–Crippen LogP) is 2.39. The van der Waals surface area contributed by atoms with Crippen molar-refractivity contribution in [1.82, 2.24) is 4.90 Å². The van der Waals surface area contributed by atoms with Gasteiger partial charge >= 0.3 is 0 Å². The van der Waals surface area contributed by atoms with Crippen molar-refractivity contribution in [3.63, 3.8) is 0 Å². The van der Waals surface area contributed by atoms with Gasteiger partial charge in [-0.25, -0.2) is 0 Å². The first kappa shape index (κ1) is 14.7. The highest BCUT2D eigenvalue weighted by molar-refractivity contribution is 8.02. The maximum Gasteiger partial charge on any atom is 0.247 e. The molecule has 0 atom stereocenters. The van der Waals surface area contributed by atoms with Crippen LogP contribution in [0.1, 0.15) is 12.5 Å². The quantitative estimate of drug-likeness (QED) is 0.855. The highest BCUT2D eigenvalue weighted by Gasteiger charge is 2.21. The molecule has 5 heteroatoms. The zero-order valence-electron chi connectivity index (χ0n) is 11.7. The molecule has 1 aromatic carbocycles. The molecule has 0 bridgehead atoms. The van der Waals surface area contributed by atoms with Crippen molar-refractivity contribution in [2.45, 2.75) is 13.8 Å². The van der Waals surface area contributed by atoms with Gasteiger partial charge in [0.15, 0.2) is 0 Å². The summed E-state index contributed by atoms with van der Waals surface area (Å²) < 4.78 is 0. The number of rotatable bonds is 4. The molecule has 0 spiro atoms. The van der Waals surface area contributed by atoms with Gasteiger partial charge < -0.3 is 9.80 Å². The van der Waals surface area contributed by atoms with Crippen LogP contribution < -0.4 is 4.90 Å². The van der Waals surface area contributed by atoms with E-state index in [0.717, 1.165) is 11.3 Å². The van der Waals surface area contributed by atoms with Gasteiger partial charge in [-0.1, -0.05) is 12.1 Å². The van der Waals surface area contributed by atoms with Gasteiger partial charge in [-0.05, 0) is 37.0 Å². The van der Waals surface area contributed by atoms with Gasteiger partial charge in [-0.3, -0.25) is 9.59 Å². The zero-order valence-corrected chi connectivity index (χ0v) is 12.5. The van der Waals surface area contributed by atoms with Gasteiger partial charge in [0.05, 0.1) is 5.75 Å². The number of carbonyl (C=O) groups is 2. The van der Waals surface area contributed by atoms with Crippen molar-refractivity contribution in [2.24, 2.45) is 0 Å². The Bertz CT molecular complexity index is 542. The number of aryl methyl sites for hydroxylation is 1. The Labute approximate surface area is 123 Å². The second-order valence-electron chi connectivity index (χ2n) is 4.59. The normalized spacial score (nSPS) is 14.5. The predicted molar refractivity (Wildman–Crippen MR) is 82.5 cm³/mol. The van der Waals surface area contributed by atoms with Gasteiger partial charge in [0.2, 0.25) is 11.8 Å². The van der Waals surface area contributed by atoms with Crippen LogP contribution in [0.25, 0.3) is 0 Å². The Hall–Kier alpha value is -1.75. The largest absolute Gasteiger partial charge is 0.311 e. The van der Waals surface area contributed by atoms with Gasteiger partial charge in [-0.15, -0.1) is 11.8 Å². The number of nitrogens with zero attached hydrogens (tertiary/aromatic N) is 2. The van der Waals surface area contributed by atoms with E-state index in [9.17, 15) is 9.59 Å². The Morgan fingerprint density at radius 2 is 2.25 bits per heavy atom. The molecular weight excluding hydrogens is 272 g/mol. The van der Waals surface area contributed by atoms with Crippen molar-refractivity contribution in [3.8, 4) is 0 Å². The zero-order chi connectivity index (χ0) is 14.5. The average Bonchev–Trinajstić information content (AvgIpc) is 2.42. The molecule has 1 aromatic rings. The number of thioether (sulfide) groups is 1. The monoisotopic (exact) mass is 290 g/mol. The number of hydrogen-bond acceptors (Lipinski definition) is 3. The van der Waals surface area contributed by atoms with E-state index >= 15 is 0 Å². The summed E-state index contributed by atoms with van der Waals surface area (Å²) in [7, 11) is 0. The second kappa shape index (κ2) is 6.61. The molecule has 1 aliphatic heterocycles. The fraction of sp³-hybridized carbons (Fsp3) is 0.333. The van der Waals surface area contributed by atoms with Crippen LogP contribution in [0.4, 0.5) is 5.69 Å². The molecule has 1 aliphatic rings. The van der Waals surface area contributed by atoms with E-state index in [1.54, 1.807) is 11.1 Å². The third kappa shape index (κ3) is 3.42. The summed E-state index contributed by atoms with van der Waals surface area (Å²) in [6, 6.07) is 7.82. The van der Waals surface area contributed by atoms with E-state index in [-0.39, 0.29) is 18.4 Å². The standard InChI is InChI=1S/C15H18N2O2S/c1-3-17(13-6-4-5-12(2)9-13)14(18)10-16-7-8-20-11-15(16)19/h4-9H,3,10-11H2,1-2H3. The maximum absolute atomic E-state index is 12.4. The first-order chi connectivity index (χ1) is 9.61. The van der Waals surface area contributed by atoms with E-state index in [2.05, 4.69) is 0 Å². The number of carbonyl (C=O) groups excluding carboxylic acids is 2. The van der Waals surface area contributed by atoms with Crippen molar-refractivity contribution >= 4 is 29.3 Å². The molecular formula is C15H18N2O2S. The van der Waals surface area contributed by atoms with E-state index in [4.69, 9.17) is 0 Å². The van der Waals surface area contributed by atoms with Crippen LogP contribution in [0.15, 0.2) is 35.9 Å². The highest BCUT2D eigenvalue weighted by atomic mass is 32.2. The van der Waals surface area contributed by atoms with Crippen LogP contribution in [0.5, 0.6) is 0 Å². The van der Waals surface area contributed by atoms with Crippen LogP contribution in [0.2, 0.25) is 0 Å². The van der Waals surface area contributed by atoms with Crippen LogP contribution in [0, 0.1) is 6.92 Å². The minimum absolute atomic E-state index is 0.0221. The third-order valence-corrected chi connectivity index (χ3v) is 3.83. The lowest BCUT2D eigenvalue weighted by Gasteiger charge is -2.26. The minimum atomic E-state index is -0.0667. The molecule has 0 saturated heterocycles. The third-order valence-electron chi connectivity index (χ3n) is 3.10. The van der Waals surface area contributed by atoms with Gasteiger partial charge in [0, 0.05) is 18.4 Å². The lowest BCUT2D eigenvalue weighted by molar-refractivity contribution is -0.130. The summed E-state index contributed by atoms with van der Waals surface area (Å²) in [6.45, 7) is 4.61. The molecule has 106 valence electrons. The number of amides is 2. The molecule has 2 rings (SSSR count). The summed E-state index contributed by atoms with van der Waals surface area (Å²) in [5.41, 5.74) is 1.99. The summed E-state index contributed by atoms with van der Waals surface area (Å²) in [4.78, 5) is 27.3. The van der Waals surface area contributed by atoms with Crippen molar-refractivity contribution in [3.05, 3.63) is 41.4 Å². The molecule has 20 heavy (non-hydrogen) atoms. The maximum atomic E-state index is 12.4. The van der Waals surface area contributed by atoms with Crippen LogP contribution in [-0.4, -0.2) is 35.6 Å². The SMILES string of the molecule is CCN(C(=O)CN1C=CSCC1=O)c1cccc(C)c1. The molecule has 0 radical (unpaired) electrons. The average molecular weight is 290 g/mol. The smallest absolute Gasteiger partial charge is 0.247 e. The van der Waals surface area contributed by atoms with Gasteiger partial charge in [-0.2, -0.15) is 0 Å². The molecule has 0 N–H and O–H groups in total. The Morgan fingerprint density at radius 1 is 1.45 bits per heavy atom. The number of anilines is 1. The van der Waals surface area contributed by atoms with Gasteiger partial charge in [0.25, 0.3) is 0 Å². The summed E-state index contributed by atoms with van der Waals surface area (Å²) in [6.07, 6.45) is 1.68. The van der Waals surface area contributed by atoms with Crippen LogP contribution >= 0.6 is 11.8 Å². The second-order valence-corrected chi connectivity index (χ2v) is 5.49. The van der Waals surface area contributed by atoms with E-state index < -0.39 is 0 Å². The van der Waals surface area contributed by atoms with Crippen LogP contribution in [0.3, 0.4) is 0 Å². The number of hydrogen-bond donors (Lipinski definition) is 0. The van der Waals surface area contributed by atoms with E-state index in [1.807, 2.05) is 43.5 Å². The molecule has 0 aliphatic carbocycles. The van der Waals surface area contributed by atoms with Crippen molar-refractivity contribution < 1.29 is 9.59 Å². The lowest BCUT2D eigenvalue weighted by Crippen LogP contribution is -2.42. The fourth-order valence-electron chi connectivity index (χ4n) is 2.07. The summed E-state index contributed by atoms with van der Waals surface area (Å²) >= 11 is 1.45. The Morgan fingerprint density at radius 3 is 2.90 bits per heavy atom. The van der Waals surface area contributed by atoms with Crippen LogP contribution in [-0.2, 0) is 9.59 Å². The molecule has 0 saturated carbocycles. The van der Waals surface area contributed by atoms with Gasteiger partial charge in [0.1, 0.15) is 6.54 Å². The minimum Gasteiger partial charge on any atom is -0.311 e. The molecule has 0 fully saturated rings. The Kier molecular flexibility index (Phi) is 4.84. The Balaban J connectivity index is 2.11. The number of likely N-dealkylation sites (N-methyl/N-ethyl adjacent to an activating group) is 1. The lowest BCUT2D eigenvalue weighted by atomic mass is 10.2. The first-order valence-electron chi connectivity index (χ1n) is 6.56. The number of benzene rings is 1. The molecule has 0 aromatic heterocycles.